The van der Waals surface area contributed by atoms with Gasteiger partial charge in [0.25, 0.3) is 5.91 Å². The lowest BCUT2D eigenvalue weighted by molar-refractivity contribution is 0.0546. The standard InChI is InChI=1S/C15H22N4O3/c1-18(2)15(22)17-10-12-9-11(3-6-16-12)14(21)19-7-4-13(20)5-8-19/h3,6,9,13,20H,4-5,7-8,10H2,1-2H3,(H,17,22). The molecule has 22 heavy (non-hydrogen) atoms. The van der Waals surface area contributed by atoms with Crippen LogP contribution < -0.4 is 5.32 Å². The Morgan fingerprint density at radius 1 is 1.41 bits per heavy atom. The molecule has 1 aliphatic heterocycles. The van der Waals surface area contributed by atoms with Crippen molar-refractivity contribution < 1.29 is 14.7 Å². The molecule has 120 valence electrons. The number of nitrogens with zero attached hydrogens (tertiary/aromatic N) is 3. The molecule has 1 saturated heterocycles. The fourth-order valence-electron chi connectivity index (χ4n) is 2.28. The summed E-state index contributed by atoms with van der Waals surface area (Å²) in [6.45, 7) is 1.40. The van der Waals surface area contributed by atoms with Crippen LogP contribution in [0.25, 0.3) is 0 Å². The zero-order valence-corrected chi connectivity index (χ0v) is 13.0. The fourth-order valence-corrected chi connectivity index (χ4v) is 2.28. The van der Waals surface area contributed by atoms with Gasteiger partial charge in [0.1, 0.15) is 0 Å². The van der Waals surface area contributed by atoms with E-state index in [4.69, 9.17) is 0 Å². The largest absolute Gasteiger partial charge is 0.393 e. The third-order valence-electron chi connectivity index (χ3n) is 3.64. The van der Waals surface area contributed by atoms with Crippen molar-refractivity contribution in [2.45, 2.75) is 25.5 Å². The summed E-state index contributed by atoms with van der Waals surface area (Å²) in [5, 5.41) is 12.2. The average Bonchev–Trinajstić information content (AvgIpc) is 2.52. The van der Waals surface area contributed by atoms with Gasteiger partial charge in [0, 0.05) is 38.9 Å². The number of pyridine rings is 1. The third kappa shape index (κ3) is 4.17. The molecule has 0 aliphatic carbocycles. The number of aromatic nitrogens is 1. The predicted octanol–water partition coefficient (Wildman–Crippen LogP) is 0.450. The van der Waals surface area contributed by atoms with E-state index in [9.17, 15) is 14.7 Å². The van der Waals surface area contributed by atoms with E-state index >= 15 is 0 Å². The van der Waals surface area contributed by atoms with Crippen molar-refractivity contribution in [2.24, 2.45) is 0 Å². The molecule has 0 aromatic carbocycles. The lowest BCUT2D eigenvalue weighted by Crippen LogP contribution is -2.40. The number of amides is 3. The molecule has 2 heterocycles. The van der Waals surface area contributed by atoms with Crippen LogP contribution in [0.1, 0.15) is 28.9 Å². The molecule has 7 nitrogen and oxygen atoms in total. The van der Waals surface area contributed by atoms with E-state index in [0.29, 0.717) is 37.2 Å². The van der Waals surface area contributed by atoms with Crippen LogP contribution in [0.4, 0.5) is 4.79 Å². The minimum absolute atomic E-state index is 0.0607. The number of urea groups is 1. The van der Waals surface area contributed by atoms with Crippen LogP contribution in [-0.2, 0) is 6.54 Å². The highest BCUT2D eigenvalue weighted by molar-refractivity contribution is 5.94. The molecule has 1 aromatic heterocycles. The molecule has 1 aliphatic rings. The second kappa shape index (κ2) is 7.22. The molecule has 0 radical (unpaired) electrons. The van der Waals surface area contributed by atoms with Crippen molar-refractivity contribution in [3.8, 4) is 0 Å². The lowest BCUT2D eigenvalue weighted by Gasteiger charge is -2.29. The molecule has 1 aromatic rings. The van der Waals surface area contributed by atoms with Gasteiger partial charge in [-0.1, -0.05) is 0 Å². The van der Waals surface area contributed by atoms with Gasteiger partial charge in [0.05, 0.1) is 18.3 Å². The van der Waals surface area contributed by atoms with E-state index < -0.39 is 0 Å². The normalized spacial score (nSPS) is 15.5. The molecule has 0 atom stereocenters. The Hall–Kier alpha value is -2.15. The Bertz CT molecular complexity index is 539. The molecule has 2 N–H and O–H groups in total. The molecule has 7 heteroatoms. The van der Waals surface area contributed by atoms with Gasteiger partial charge in [-0.05, 0) is 25.0 Å². The Morgan fingerprint density at radius 3 is 2.73 bits per heavy atom. The highest BCUT2D eigenvalue weighted by atomic mass is 16.3. The minimum atomic E-state index is -0.307. The first kappa shape index (κ1) is 16.2. The zero-order valence-electron chi connectivity index (χ0n) is 13.0. The maximum absolute atomic E-state index is 12.4. The van der Waals surface area contributed by atoms with Gasteiger partial charge in [-0.15, -0.1) is 0 Å². The fraction of sp³-hybridized carbons (Fsp3) is 0.533. The number of hydrogen-bond donors (Lipinski definition) is 2. The Balaban J connectivity index is 1.98. The maximum atomic E-state index is 12.4. The van der Waals surface area contributed by atoms with Crippen LogP contribution in [-0.4, -0.2) is 65.1 Å². The number of hydrogen-bond acceptors (Lipinski definition) is 4. The summed E-state index contributed by atoms with van der Waals surface area (Å²) in [5.41, 5.74) is 1.19. The van der Waals surface area contributed by atoms with Crippen LogP contribution in [0.15, 0.2) is 18.3 Å². The van der Waals surface area contributed by atoms with Crippen LogP contribution in [0.2, 0.25) is 0 Å². The number of aliphatic hydroxyl groups is 1. The smallest absolute Gasteiger partial charge is 0.317 e. The van der Waals surface area contributed by atoms with E-state index in [1.807, 2.05) is 0 Å². The number of nitrogens with one attached hydrogen (secondary N) is 1. The molecule has 0 saturated carbocycles. The van der Waals surface area contributed by atoms with Crippen molar-refractivity contribution in [3.05, 3.63) is 29.6 Å². The quantitative estimate of drug-likeness (QED) is 0.849. The summed E-state index contributed by atoms with van der Waals surface area (Å²) in [7, 11) is 3.32. The van der Waals surface area contributed by atoms with Crippen molar-refractivity contribution in [1.29, 1.82) is 0 Å². The van der Waals surface area contributed by atoms with Gasteiger partial charge >= 0.3 is 6.03 Å². The van der Waals surface area contributed by atoms with Crippen molar-refractivity contribution in [1.82, 2.24) is 20.1 Å². The minimum Gasteiger partial charge on any atom is -0.393 e. The first-order chi connectivity index (χ1) is 10.5. The van der Waals surface area contributed by atoms with Crippen LogP contribution in [0.3, 0.4) is 0 Å². The number of aliphatic hydroxyl groups excluding tert-OH is 1. The number of piperidine rings is 1. The number of rotatable bonds is 3. The Morgan fingerprint density at radius 2 is 2.09 bits per heavy atom. The molecule has 3 amide bonds. The average molecular weight is 306 g/mol. The van der Waals surface area contributed by atoms with Gasteiger partial charge in [-0.3, -0.25) is 9.78 Å². The molecule has 0 unspecified atom stereocenters. The van der Waals surface area contributed by atoms with Gasteiger partial charge in [0.2, 0.25) is 0 Å². The molecule has 1 fully saturated rings. The summed E-state index contributed by atoms with van der Waals surface area (Å²) >= 11 is 0. The number of likely N-dealkylation sites (tertiary alicyclic amines) is 1. The van der Waals surface area contributed by atoms with Crippen LogP contribution in [0.5, 0.6) is 0 Å². The van der Waals surface area contributed by atoms with Crippen molar-refractivity contribution >= 4 is 11.9 Å². The van der Waals surface area contributed by atoms with E-state index in [1.165, 1.54) is 4.90 Å². The first-order valence-electron chi connectivity index (χ1n) is 7.35. The summed E-state index contributed by atoms with van der Waals surface area (Å²) in [6.07, 6.45) is 2.49. The second-order valence-electron chi connectivity index (χ2n) is 5.61. The predicted molar refractivity (Wildman–Crippen MR) is 81.3 cm³/mol. The van der Waals surface area contributed by atoms with E-state index in [-0.39, 0.29) is 24.6 Å². The Kier molecular flexibility index (Phi) is 5.32. The first-order valence-corrected chi connectivity index (χ1v) is 7.35. The van der Waals surface area contributed by atoms with Gasteiger partial charge in [0.15, 0.2) is 0 Å². The van der Waals surface area contributed by atoms with E-state index in [2.05, 4.69) is 10.3 Å². The molecule has 0 spiro atoms. The monoisotopic (exact) mass is 306 g/mol. The van der Waals surface area contributed by atoms with E-state index in [1.54, 1.807) is 37.3 Å². The lowest BCUT2D eigenvalue weighted by atomic mass is 10.1. The van der Waals surface area contributed by atoms with Crippen LogP contribution >= 0.6 is 0 Å². The number of carbonyl (C=O) groups is 2. The SMILES string of the molecule is CN(C)C(=O)NCc1cc(C(=O)N2CCC(O)CC2)ccn1. The van der Waals surface area contributed by atoms with Crippen molar-refractivity contribution in [2.75, 3.05) is 27.2 Å². The molecular weight excluding hydrogens is 284 g/mol. The number of carbonyl (C=O) groups excluding carboxylic acids is 2. The Labute approximate surface area is 129 Å². The van der Waals surface area contributed by atoms with Gasteiger partial charge < -0.3 is 20.2 Å². The highest BCUT2D eigenvalue weighted by Gasteiger charge is 2.22. The van der Waals surface area contributed by atoms with E-state index in [0.717, 1.165) is 0 Å². The second-order valence-corrected chi connectivity index (χ2v) is 5.61. The molecular formula is C15H22N4O3. The van der Waals surface area contributed by atoms with Gasteiger partial charge in [-0.2, -0.15) is 0 Å². The van der Waals surface area contributed by atoms with Crippen molar-refractivity contribution in [3.63, 3.8) is 0 Å². The van der Waals surface area contributed by atoms with Gasteiger partial charge in [-0.25, -0.2) is 4.79 Å². The third-order valence-corrected chi connectivity index (χ3v) is 3.64. The molecule has 2 rings (SSSR count). The summed E-state index contributed by atoms with van der Waals surface area (Å²) in [5.74, 6) is -0.0607. The molecule has 0 bridgehead atoms. The summed E-state index contributed by atoms with van der Waals surface area (Å²) in [6, 6.07) is 3.16. The highest BCUT2D eigenvalue weighted by Crippen LogP contribution is 2.14. The summed E-state index contributed by atoms with van der Waals surface area (Å²) < 4.78 is 0. The summed E-state index contributed by atoms with van der Waals surface area (Å²) in [4.78, 5) is 31.3. The van der Waals surface area contributed by atoms with Crippen LogP contribution in [0, 0.1) is 0 Å². The topological polar surface area (TPSA) is 85.8 Å². The zero-order chi connectivity index (χ0) is 16.1. The maximum Gasteiger partial charge on any atom is 0.317 e.